The van der Waals surface area contributed by atoms with Crippen molar-refractivity contribution in [3.8, 4) is 0 Å². The molecule has 1 aromatic heterocycles. The minimum atomic E-state index is -0.188. The van der Waals surface area contributed by atoms with Gasteiger partial charge in [-0.25, -0.2) is 9.37 Å². The molecule has 0 bridgehead atoms. The highest BCUT2D eigenvalue weighted by Gasteiger charge is 2.00. The lowest BCUT2D eigenvalue weighted by Gasteiger charge is -2.08. The molecular formula is C15H17FN2O. The van der Waals surface area contributed by atoms with E-state index in [0.717, 1.165) is 16.9 Å². The van der Waals surface area contributed by atoms with Gasteiger partial charge in [0, 0.05) is 19.3 Å². The number of aliphatic hydroxyl groups excluding tert-OH is 1. The number of aryl methyl sites for hydroxylation is 1. The smallest absolute Gasteiger partial charge is 0.126 e. The van der Waals surface area contributed by atoms with Crippen molar-refractivity contribution < 1.29 is 9.50 Å². The normalized spacial score (nSPS) is 10.5. The molecule has 0 fully saturated rings. The van der Waals surface area contributed by atoms with E-state index < -0.39 is 0 Å². The van der Waals surface area contributed by atoms with Crippen molar-refractivity contribution in [3.63, 3.8) is 0 Å². The number of anilines is 1. The second kappa shape index (κ2) is 6.29. The Morgan fingerprint density at radius 2 is 2.05 bits per heavy atom. The Morgan fingerprint density at radius 3 is 2.79 bits per heavy atom. The SMILES string of the molecule is Cc1cc(CNc2cc(CCO)ccn2)ccc1F. The van der Waals surface area contributed by atoms with Gasteiger partial charge < -0.3 is 10.4 Å². The second-order valence-electron chi connectivity index (χ2n) is 4.46. The summed E-state index contributed by atoms with van der Waals surface area (Å²) in [6.07, 6.45) is 2.33. The number of aromatic nitrogens is 1. The number of nitrogens with zero attached hydrogens (tertiary/aromatic N) is 1. The fourth-order valence-corrected chi connectivity index (χ4v) is 1.86. The quantitative estimate of drug-likeness (QED) is 0.868. The Bertz CT molecular complexity index is 558. The lowest BCUT2D eigenvalue weighted by Crippen LogP contribution is -2.03. The lowest BCUT2D eigenvalue weighted by atomic mass is 10.1. The molecule has 0 spiro atoms. The largest absolute Gasteiger partial charge is 0.396 e. The summed E-state index contributed by atoms with van der Waals surface area (Å²) in [6.45, 7) is 2.47. The van der Waals surface area contributed by atoms with Crippen LogP contribution in [0.5, 0.6) is 0 Å². The van der Waals surface area contributed by atoms with E-state index in [2.05, 4.69) is 10.3 Å². The van der Waals surface area contributed by atoms with Crippen molar-refractivity contribution >= 4 is 5.82 Å². The Hall–Kier alpha value is -1.94. The van der Waals surface area contributed by atoms with Gasteiger partial charge in [0.15, 0.2) is 0 Å². The van der Waals surface area contributed by atoms with Crippen LogP contribution in [0.3, 0.4) is 0 Å². The van der Waals surface area contributed by atoms with Crippen molar-refractivity contribution in [2.45, 2.75) is 19.9 Å². The maximum Gasteiger partial charge on any atom is 0.126 e. The third kappa shape index (κ3) is 3.76. The molecule has 0 saturated carbocycles. The first-order chi connectivity index (χ1) is 9.19. The molecule has 1 heterocycles. The van der Waals surface area contributed by atoms with Crippen LogP contribution in [0.15, 0.2) is 36.5 Å². The van der Waals surface area contributed by atoms with Crippen LogP contribution < -0.4 is 5.32 Å². The maximum atomic E-state index is 13.1. The zero-order valence-electron chi connectivity index (χ0n) is 10.9. The predicted molar refractivity (Wildman–Crippen MR) is 73.5 cm³/mol. The molecule has 0 aliphatic rings. The molecule has 2 rings (SSSR count). The highest BCUT2D eigenvalue weighted by atomic mass is 19.1. The number of benzene rings is 1. The molecule has 0 radical (unpaired) electrons. The zero-order chi connectivity index (χ0) is 13.7. The van der Waals surface area contributed by atoms with E-state index in [1.165, 1.54) is 6.07 Å². The minimum absolute atomic E-state index is 0.126. The molecule has 3 nitrogen and oxygen atoms in total. The molecule has 0 amide bonds. The van der Waals surface area contributed by atoms with Crippen molar-refractivity contribution in [2.24, 2.45) is 0 Å². The first kappa shape index (κ1) is 13.5. The molecule has 100 valence electrons. The van der Waals surface area contributed by atoms with Gasteiger partial charge in [0.05, 0.1) is 0 Å². The monoisotopic (exact) mass is 260 g/mol. The molecule has 2 aromatic rings. The molecule has 2 N–H and O–H groups in total. The summed E-state index contributed by atoms with van der Waals surface area (Å²) in [7, 11) is 0. The summed E-state index contributed by atoms with van der Waals surface area (Å²) in [6, 6.07) is 8.84. The molecule has 1 aromatic carbocycles. The Morgan fingerprint density at radius 1 is 1.21 bits per heavy atom. The fourth-order valence-electron chi connectivity index (χ4n) is 1.86. The highest BCUT2D eigenvalue weighted by molar-refractivity contribution is 5.39. The van der Waals surface area contributed by atoms with E-state index in [4.69, 9.17) is 5.11 Å². The van der Waals surface area contributed by atoms with Gasteiger partial charge >= 0.3 is 0 Å². The summed E-state index contributed by atoms with van der Waals surface area (Å²) in [5, 5.41) is 12.1. The van der Waals surface area contributed by atoms with Gasteiger partial charge in [0.2, 0.25) is 0 Å². The molecule has 4 heteroatoms. The maximum absolute atomic E-state index is 13.1. The van der Waals surface area contributed by atoms with E-state index in [1.54, 1.807) is 19.2 Å². The summed E-state index contributed by atoms with van der Waals surface area (Å²) in [4.78, 5) is 4.21. The van der Waals surface area contributed by atoms with Crippen LogP contribution in [0.4, 0.5) is 10.2 Å². The van der Waals surface area contributed by atoms with Gasteiger partial charge in [0.25, 0.3) is 0 Å². The van der Waals surface area contributed by atoms with Crippen LogP contribution in [0.1, 0.15) is 16.7 Å². The van der Waals surface area contributed by atoms with Gasteiger partial charge in [0.1, 0.15) is 11.6 Å². The minimum Gasteiger partial charge on any atom is -0.396 e. The van der Waals surface area contributed by atoms with E-state index in [0.29, 0.717) is 18.5 Å². The summed E-state index contributed by atoms with van der Waals surface area (Å²) >= 11 is 0. The number of hydrogen-bond acceptors (Lipinski definition) is 3. The third-order valence-electron chi connectivity index (χ3n) is 2.92. The van der Waals surface area contributed by atoms with E-state index in [-0.39, 0.29) is 12.4 Å². The van der Waals surface area contributed by atoms with Crippen molar-refractivity contribution in [2.75, 3.05) is 11.9 Å². The average Bonchev–Trinajstić information content (AvgIpc) is 2.41. The predicted octanol–water partition coefficient (Wildman–Crippen LogP) is 2.68. The topological polar surface area (TPSA) is 45.1 Å². The molecular weight excluding hydrogens is 243 g/mol. The number of hydrogen-bond donors (Lipinski definition) is 2. The molecule has 0 atom stereocenters. The van der Waals surface area contributed by atoms with Crippen molar-refractivity contribution in [1.29, 1.82) is 0 Å². The molecule has 19 heavy (non-hydrogen) atoms. The van der Waals surface area contributed by atoms with Crippen molar-refractivity contribution in [1.82, 2.24) is 4.98 Å². The Labute approximate surface area is 112 Å². The first-order valence-electron chi connectivity index (χ1n) is 6.24. The van der Waals surface area contributed by atoms with E-state index in [9.17, 15) is 4.39 Å². The van der Waals surface area contributed by atoms with Gasteiger partial charge in [-0.05, 0) is 48.2 Å². The summed E-state index contributed by atoms with van der Waals surface area (Å²) < 4.78 is 13.1. The van der Waals surface area contributed by atoms with Gasteiger partial charge in [-0.15, -0.1) is 0 Å². The van der Waals surface area contributed by atoms with Gasteiger partial charge in [-0.2, -0.15) is 0 Å². The van der Waals surface area contributed by atoms with Crippen LogP contribution in [0.25, 0.3) is 0 Å². The third-order valence-corrected chi connectivity index (χ3v) is 2.92. The van der Waals surface area contributed by atoms with Crippen LogP contribution >= 0.6 is 0 Å². The van der Waals surface area contributed by atoms with E-state index >= 15 is 0 Å². The lowest BCUT2D eigenvalue weighted by molar-refractivity contribution is 0.299. The summed E-state index contributed by atoms with van der Waals surface area (Å²) in [5.74, 6) is 0.569. The van der Waals surface area contributed by atoms with Crippen molar-refractivity contribution in [3.05, 3.63) is 59.0 Å². The Balaban J connectivity index is 2.01. The van der Waals surface area contributed by atoms with Crippen LogP contribution in [0.2, 0.25) is 0 Å². The zero-order valence-corrected chi connectivity index (χ0v) is 10.9. The Kier molecular flexibility index (Phi) is 4.47. The highest BCUT2D eigenvalue weighted by Crippen LogP contribution is 2.12. The van der Waals surface area contributed by atoms with Crippen LogP contribution in [-0.2, 0) is 13.0 Å². The number of rotatable bonds is 5. The molecule has 0 unspecified atom stereocenters. The molecule has 0 aliphatic heterocycles. The average molecular weight is 260 g/mol. The van der Waals surface area contributed by atoms with Crippen LogP contribution in [0, 0.1) is 12.7 Å². The fraction of sp³-hybridized carbons (Fsp3) is 0.267. The second-order valence-corrected chi connectivity index (χ2v) is 4.46. The number of aliphatic hydroxyl groups is 1. The first-order valence-corrected chi connectivity index (χ1v) is 6.24. The number of halogens is 1. The van der Waals surface area contributed by atoms with Gasteiger partial charge in [-0.1, -0.05) is 12.1 Å². The molecule has 0 saturated heterocycles. The van der Waals surface area contributed by atoms with Gasteiger partial charge in [-0.3, -0.25) is 0 Å². The van der Waals surface area contributed by atoms with E-state index in [1.807, 2.05) is 18.2 Å². The van der Waals surface area contributed by atoms with Crippen LogP contribution in [-0.4, -0.2) is 16.7 Å². The number of nitrogens with one attached hydrogen (secondary N) is 1. The standard InChI is InChI=1S/C15H17FN2O/c1-11-8-13(2-3-14(11)16)10-18-15-9-12(5-7-19)4-6-17-15/h2-4,6,8-9,19H,5,7,10H2,1H3,(H,17,18). The molecule has 0 aliphatic carbocycles. The summed E-state index contributed by atoms with van der Waals surface area (Å²) in [5.41, 5.74) is 2.69. The number of pyridine rings is 1.